The molecule has 2 aromatic rings. The Kier molecular flexibility index (Phi) is 4.57. The molecule has 0 saturated carbocycles. The van der Waals surface area contributed by atoms with Crippen LogP contribution in [0.5, 0.6) is 0 Å². The first-order chi connectivity index (χ1) is 8.29. The van der Waals surface area contributed by atoms with Crippen molar-refractivity contribution in [2.45, 2.75) is 18.9 Å². The molecule has 0 bridgehead atoms. The van der Waals surface area contributed by atoms with Crippen LogP contribution in [0.2, 0.25) is 5.02 Å². The molecule has 0 saturated heterocycles. The van der Waals surface area contributed by atoms with E-state index in [4.69, 9.17) is 17.4 Å². The highest BCUT2D eigenvalue weighted by Gasteiger charge is 2.09. The molecule has 0 aliphatic carbocycles. The maximum atomic E-state index is 5.87. The van der Waals surface area contributed by atoms with Gasteiger partial charge in [-0.15, -0.1) is 0 Å². The Hall–Kier alpha value is -0.870. The quantitative estimate of drug-likeness (QED) is 0.642. The number of halogens is 1. The number of rotatable bonds is 5. The van der Waals surface area contributed by atoms with Crippen molar-refractivity contribution in [3.63, 3.8) is 0 Å². The number of thiophene rings is 1. The Balaban J connectivity index is 1.99. The molecular weight excluding hydrogens is 252 g/mol. The summed E-state index contributed by atoms with van der Waals surface area (Å²) in [7, 11) is 0. The SMILES string of the molecule is NNC(CCc1ccsc1)c1ccc(Cl)cc1. The van der Waals surface area contributed by atoms with Gasteiger partial charge in [0.1, 0.15) is 0 Å². The van der Waals surface area contributed by atoms with Crippen LogP contribution >= 0.6 is 22.9 Å². The lowest BCUT2D eigenvalue weighted by Gasteiger charge is -2.15. The van der Waals surface area contributed by atoms with Crippen LogP contribution < -0.4 is 11.3 Å². The number of aryl methyl sites for hydroxylation is 1. The predicted molar refractivity (Wildman–Crippen MR) is 74.2 cm³/mol. The highest BCUT2D eigenvalue weighted by molar-refractivity contribution is 7.07. The number of hydrogen-bond acceptors (Lipinski definition) is 3. The largest absolute Gasteiger partial charge is 0.271 e. The van der Waals surface area contributed by atoms with Gasteiger partial charge >= 0.3 is 0 Å². The molecule has 1 atom stereocenters. The first-order valence-electron chi connectivity index (χ1n) is 5.52. The summed E-state index contributed by atoms with van der Waals surface area (Å²) in [6.45, 7) is 0. The van der Waals surface area contributed by atoms with Gasteiger partial charge in [-0.05, 0) is 52.9 Å². The van der Waals surface area contributed by atoms with E-state index in [0.29, 0.717) is 0 Å². The van der Waals surface area contributed by atoms with E-state index in [1.54, 1.807) is 11.3 Å². The summed E-state index contributed by atoms with van der Waals surface area (Å²) in [5, 5.41) is 5.03. The molecule has 3 N–H and O–H groups in total. The van der Waals surface area contributed by atoms with Gasteiger partial charge < -0.3 is 0 Å². The summed E-state index contributed by atoms with van der Waals surface area (Å²) in [6.07, 6.45) is 2.01. The Morgan fingerprint density at radius 2 is 2.00 bits per heavy atom. The van der Waals surface area contributed by atoms with Crippen molar-refractivity contribution >= 4 is 22.9 Å². The van der Waals surface area contributed by atoms with Crippen molar-refractivity contribution in [3.05, 3.63) is 57.2 Å². The zero-order chi connectivity index (χ0) is 12.1. The van der Waals surface area contributed by atoms with Crippen LogP contribution in [-0.2, 0) is 6.42 Å². The van der Waals surface area contributed by atoms with Crippen molar-refractivity contribution in [2.75, 3.05) is 0 Å². The Bertz CT molecular complexity index is 439. The van der Waals surface area contributed by atoms with Crippen LogP contribution in [0.15, 0.2) is 41.1 Å². The van der Waals surface area contributed by atoms with Gasteiger partial charge in [0.15, 0.2) is 0 Å². The second kappa shape index (κ2) is 6.17. The highest BCUT2D eigenvalue weighted by atomic mass is 35.5. The molecule has 4 heteroatoms. The average molecular weight is 267 g/mol. The molecule has 1 aromatic carbocycles. The predicted octanol–water partition coefficient (Wildman–Crippen LogP) is 3.54. The van der Waals surface area contributed by atoms with Gasteiger partial charge in [-0.25, -0.2) is 0 Å². The second-order valence-corrected chi connectivity index (χ2v) is 5.16. The van der Waals surface area contributed by atoms with Gasteiger partial charge in [0, 0.05) is 11.1 Å². The van der Waals surface area contributed by atoms with Crippen LogP contribution in [-0.4, -0.2) is 0 Å². The summed E-state index contributed by atoms with van der Waals surface area (Å²) >= 11 is 7.60. The molecule has 0 radical (unpaired) electrons. The minimum absolute atomic E-state index is 0.173. The minimum Gasteiger partial charge on any atom is -0.271 e. The van der Waals surface area contributed by atoms with E-state index < -0.39 is 0 Å². The fourth-order valence-corrected chi connectivity index (χ4v) is 2.62. The minimum atomic E-state index is 0.173. The molecule has 0 aliphatic heterocycles. The van der Waals surface area contributed by atoms with Crippen molar-refractivity contribution in [1.29, 1.82) is 0 Å². The highest BCUT2D eigenvalue weighted by Crippen LogP contribution is 2.21. The van der Waals surface area contributed by atoms with E-state index in [1.165, 1.54) is 11.1 Å². The van der Waals surface area contributed by atoms with Gasteiger partial charge in [-0.3, -0.25) is 11.3 Å². The zero-order valence-corrected chi connectivity index (χ0v) is 11.0. The van der Waals surface area contributed by atoms with Crippen molar-refractivity contribution in [1.82, 2.24) is 5.43 Å². The third-order valence-electron chi connectivity index (χ3n) is 2.78. The molecule has 0 aliphatic rings. The Morgan fingerprint density at radius 1 is 1.24 bits per heavy atom. The summed E-state index contributed by atoms with van der Waals surface area (Å²) < 4.78 is 0. The lowest BCUT2D eigenvalue weighted by Crippen LogP contribution is -2.28. The Labute approximate surface area is 110 Å². The number of nitrogens with two attached hydrogens (primary N) is 1. The summed E-state index contributed by atoms with van der Waals surface area (Å²) in [5.41, 5.74) is 5.40. The molecule has 0 amide bonds. The molecule has 1 unspecified atom stereocenters. The first kappa shape index (κ1) is 12.6. The fraction of sp³-hybridized carbons (Fsp3) is 0.231. The monoisotopic (exact) mass is 266 g/mol. The number of nitrogens with one attached hydrogen (secondary N) is 1. The standard InChI is InChI=1S/C13H15ClN2S/c14-12-4-2-11(3-5-12)13(16-15)6-1-10-7-8-17-9-10/h2-5,7-9,13,16H,1,6,15H2. The van der Waals surface area contributed by atoms with Gasteiger partial charge in [-0.2, -0.15) is 11.3 Å². The van der Waals surface area contributed by atoms with Crippen LogP contribution in [0, 0.1) is 0 Å². The van der Waals surface area contributed by atoms with E-state index in [9.17, 15) is 0 Å². The van der Waals surface area contributed by atoms with Crippen LogP contribution in [0.4, 0.5) is 0 Å². The Morgan fingerprint density at radius 3 is 2.59 bits per heavy atom. The average Bonchev–Trinajstić information content (AvgIpc) is 2.85. The van der Waals surface area contributed by atoms with Gasteiger partial charge in [-0.1, -0.05) is 23.7 Å². The van der Waals surface area contributed by atoms with Gasteiger partial charge in [0.25, 0.3) is 0 Å². The van der Waals surface area contributed by atoms with E-state index >= 15 is 0 Å². The third kappa shape index (κ3) is 3.54. The molecule has 17 heavy (non-hydrogen) atoms. The molecule has 0 fully saturated rings. The van der Waals surface area contributed by atoms with E-state index in [2.05, 4.69) is 22.3 Å². The number of hydrazine groups is 1. The summed E-state index contributed by atoms with van der Waals surface area (Å²) in [4.78, 5) is 0. The van der Waals surface area contributed by atoms with Gasteiger partial charge in [0.2, 0.25) is 0 Å². The van der Waals surface area contributed by atoms with Crippen molar-refractivity contribution in [2.24, 2.45) is 5.84 Å². The maximum Gasteiger partial charge on any atom is 0.0463 e. The topological polar surface area (TPSA) is 38.0 Å². The summed E-state index contributed by atoms with van der Waals surface area (Å²) in [5.74, 6) is 5.60. The maximum absolute atomic E-state index is 5.87. The van der Waals surface area contributed by atoms with Gasteiger partial charge in [0.05, 0.1) is 0 Å². The first-order valence-corrected chi connectivity index (χ1v) is 6.84. The van der Waals surface area contributed by atoms with Crippen molar-refractivity contribution in [3.8, 4) is 0 Å². The lowest BCUT2D eigenvalue weighted by molar-refractivity contribution is 0.517. The van der Waals surface area contributed by atoms with Crippen molar-refractivity contribution < 1.29 is 0 Å². The number of benzene rings is 1. The fourth-order valence-electron chi connectivity index (χ4n) is 1.79. The molecule has 0 spiro atoms. The molecule has 1 heterocycles. The van der Waals surface area contributed by atoms with E-state index in [1.807, 2.05) is 24.3 Å². The lowest BCUT2D eigenvalue weighted by atomic mass is 10.0. The number of hydrogen-bond donors (Lipinski definition) is 2. The second-order valence-electron chi connectivity index (χ2n) is 3.94. The molecular formula is C13H15ClN2S. The normalized spacial score (nSPS) is 12.6. The van der Waals surface area contributed by atoms with Crippen LogP contribution in [0.1, 0.15) is 23.6 Å². The summed E-state index contributed by atoms with van der Waals surface area (Å²) in [6, 6.07) is 10.1. The smallest absolute Gasteiger partial charge is 0.0463 e. The molecule has 2 nitrogen and oxygen atoms in total. The van der Waals surface area contributed by atoms with E-state index in [-0.39, 0.29) is 6.04 Å². The van der Waals surface area contributed by atoms with E-state index in [0.717, 1.165) is 17.9 Å². The molecule has 1 aromatic heterocycles. The van der Waals surface area contributed by atoms with Crippen LogP contribution in [0.3, 0.4) is 0 Å². The molecule has 90 valence electrons. The zero-order valence-electron chi connectivity index (χ0n) is 9.40. The van der Waals surface area contributed by atoms with Crippen LogP contribution in [0.25, 0.3) is 0 Å². The molecule has 2 rings (SSSR count). The third-order valence-corrected chi connectivity index (χ3v) is 3.76.